The van der Waals surface area contributed by atoms with Crippen LogP contribution in [-0.4, -0.2) is 67.2 Å². The zero-order valence-electron chi connectivity index (χ0n) is 16.3. The monoisotopic (exact) mass is 423 g/mol. The molecule has 0 bridgehead atoms. The Morgan fingerprint density at radius 3 is 2.48 bits per heavy atom. The molecule has 29 heavy (non-hydrogen) atoms. The highest BCUT2D eigenvalue weighted by molar-refractivity contribution is 7.22. The predicted octanol–water partition coefficient (Wildman–Crippen LogP) is 2.59. The van der Waals surface area contributed by atoms with Crippen LogP contribution in [0.4, 0.5) is 13.9 Å². The van der Waals surface area contributed by atoms with E-state index in [2.05, 4.69) is 15.0 Å². The highest BCUT2D eigenvalue weighted by atomic mass is 32.1. The van der Waals surface area contributed by atoms with Crippen molar-refractivity contribution in [3.63, 3.8) is 0 Å². The molecule has 0 aliphatic carbocycles. The SMILES string of the molecule is COc1cc(C(=O)N(CCN(C)C)c2nc3c(F)cc(F)cc3s2)nc(OC)n1. The largest absolute Gasteiger partial charge is 0.481 e. The summed E-state index contributed by atoms with van der Waals surface area (Å²) >= 11 is 1.02. The second kappa shape index (κ2) is 8.62. The van der Waals surface area contributed by atoms with Gasteiger partial charge in [-0.15, -0.1) is 0 Å². The summed E-state index contributed by atoms with van der Waals surface area (Å²) in [5, 5.41) is 0.230. The molecule has 0 saturated heterocycles. The third-order valence-electron chi connectivity index (χ3n) is 3.94. The van der Waals surface area contributed by atoms with Crippen LogP contribution in [0.15, 0.2) is 18.2 Å². The third kappa shape index (κ3) is 4.57. The van der Waals surface area contributed by atoms with Gasteiger partial charge in [-0.3, -0.25) is 9.69 Å². The minimum absolute atomic E-state index is 0.00639. The van der Waals surface area contributed by atoms with Gasteiger partial charge >= 0.3 is 6.01 Å². The number of ether oxygens (including phenoxy) is 2. The van der Waals surface area contributed by atoms with Gasteiger partial charge in [-0.2, -0.15) is 9.97 Å². The fourth-order valence-electron chi connectivity index (χ4n) is 2.49. The Kier molecular flexibility index (Phi) is 6.18. The highest BCUT2D eigenvalue weighted by Crippen LogP contribution is 2.32. The molecule has 8 nitrogen and oxygen atoms in total. The quantitative estimate of drug-likeness (QED) is 0.578. The number of aromatic nitrogens is 3. The van der Waals surface area contributed by atoms with E-state index in [9.17, 15) is 13.6 Å². The molecular weight excluding hydrogens is 404 g/mol. The van der Waals surface area contributed by atoms with E-state index in [-0.39, 0.29) is 34.8 Å². The van der Waals surface area contributed by atoms with Crippen molar-refractivity contribution in [2.45, 2.75) is 0 Å². The molecule has 2 heterocycles. The smallest absolute Gasteiger partial charge is 0.320 e. The first-order valence-corrected chi connectivity index (χ1v) is 9.33. The maximum absolute atomic E-state index is 14.1. The van der Waals surface area contributed by atoms with Gasteiger partial charge in [0.05, 0.1) is 18.9 Å². The van der Waals surface area contributed by atoms with Crippen molar-refractivity contribution in [2.24, 2.45) is 0 Å². The molecule has 0 saturated carbocycles. The molecule has 0 spiro atoms. The van der Waals surface area contributed by atoms with Gasteiger partial charge < -0.3 is 14.4 Å². The summed E-state index contributed by atoms with van der Waals surface area (Å²) < 4.78 is 38.1. The van der Waals surface area contributed by atoms with Crippen LogP contribution >= 0.6 is 11.3 Å². The Hall–Kier alpha value is -2.92. The number of carbonyl (C=O) groups excluding carboxylic acids is 1. The summed E-state index contributed by atoms with van der Waals surface area (Å²) in [6.45, 7) is 0.766. The van der Waals surface area contributed by atoms with E-state index in [0.717, 1.165) is 17.4 Å². The van der Waals surface area contributed by atoms with Crippen molar-refractivity contribution in [1.29, 1.82) is 0 Å². The molecule has 0 aliphatic rings. The van der Waals surface area contributed by atoms with Gasteiger partial charge in [-0.1, -0.05) is 11.3 Å². The van der Waals surface area contributed by atoms with E-state index in [1.54, 1.807) is 0 Å². The number of nitrogens with zero attached hydrogens (tertiary/aromatic N) is 5. The van der Waals surface area contributed by atoms with E-state index >= 15 is 0 Å². The molecule has 2 aromatic heterocycles. The number of likely N-dealkylation sites (N-methyl/N-ethyl adjacent to an activating group) is 1. The van der Waals surface area contributed by atoms with Gasteiger partial charge in [0, 0.05) is 25.2 Å². The molecular formula is C18H19F2N5O3S. The van der Waals surface area contributed by atoms with Crippen molar-refractivity contribution in [1.82, 2.24) is 19.9 Å². The number of amides is 1. The number of thiazole rings is 1. The Balaban J connectivity index is 2.06. The van der Waals surface area contributed by atoms with Gasteiger partial charge in [0.2, 0.25) is 5.88 Å². The summed E-state index contributed by atoms with van der Waals surface area (Å²) in [7, 11) is 6.49. The second-order valence-electron chi connectivity index (χ2n) is 6.27. The Morgan fingerprint density at radius 1 is 1.07 bits per heavy atom. The van der Waals surface area contributed by atoms with Gasteiger partial charge in [0.1, 0.15) is 17.0 Å². The number of fused-ring (bicyclic) bond motifs is 1. The fraction of sp³-hybridized carbons (Fsp3) is 0.333. The van der Waals surface area contributed by atoms with Crippen molar-refractivity contribution < 1.29 is 23.0 Å². The Bertz CT molecular complexity index is 1020. The van der Waals surface area contributed by atoms with Gasteiger partial charge in [-0.25, -0.2) is 13.8 Å². The average Bonchev–Trinajstić information content (AvgIpc) is 3.11. The molecule has 1 amide bonds. The lowest BCUT2D eigenvalue weighted by Gasteiger charge is -2.21. The lowest BCUT2D eigenvalue weighted by atomic mass is 10.3. The van der Waals surface area contributed by atoms with Gasteiger partial charge in [0.25, 0.3) is 5.91 Å². The summed E-state index contributed by atoms with van der Waals surface area (Å²) in [6.07, 6.45) is 0. The van der Waals surface area contributed by atoms with Crippen LogP contribution in [-0.2, 0) is 0 Å². The van der Waals surface area contributed by atoms with Crippen LogP contribution in [0.5, 0.6) is 11.9 Å². The van der Waals surface area contributed by atoms with E-state index in [0.29, 0.717) is 11.2 Å². The molecule has 0 aliphatic heterocycles. The van der Waals surface area contributed by atoms with Crippen LogP contribution in [0.3, 0.4) is 0 Å². The van der Waals surface area contributed by atoms with Gasteiger partial charge in [-0.05, 0) is 20.2 Å². The maximum atomic E-state index is 14.1. The average molecular weight is 423 g/mol. The summed E-state index contributed by atoms with van der Waals surface area (Å²) in [5.41, 5.74) is 0.0327. The minimum atomic E-state index is -0.784. The van der Waals surface area contributed by atoms with Crippen LogP contribution in [0.1, 0.15) is 10.5 Å². The first-order chi connectivity index (χ1) is 13.8. The number of hydrogen-bond acceptors (Lipinski definition) is 8. The number of methoxy groups -OCH3 is 2. The van der Waals surface area contributed by atoms with Crippen LogP contribution in [0, 0.1) is 11.6 Å². The first kappa shape index (κ1) is 20.8. The Labute approximate surface area is 169 Å². The molecule has 11 heteroatoms. The van der Waals surface area contributed by atoms with E-state index in [1.165, 1.54) is 31.3 Å². The van der Waals surface area contributed by atoms with Gasteiger partial charge in [0.15, 0.2) is 10.9 Å². The number of halogens is 2. The zero-order valence-corrected chi connectivity index (χ0v) is 17.1. The number of hydrogen-bond donors (Lipinski definition) is 0. The standard InChI is InChI=1S/C18H19F2N5O3S/c1-24(2)5-6-25(16(26)12-9-14(27-3)22-17(21-12)28-4)18-23-15-11(20)7-10(19)8-13(15)29-18/h7-9H,5-6H2,1-4H3. The van der Waals surface area contributed by atoms with Crippen molar-refractivity contribution in [2.75, 3.05) is 46.3 Å². The van der Waals surface area contributed by atoms with Crippen LogP contribution in [0.25, 0.3) is 10.2 Å². The molecule has 0 radical (unpaired) electrons. The normalized spacial score (nSPS) is 11.1. The number of carbonyl (C=O) groups is 1. The lowest BCUT2D eigenvalue weighted by Crippen LogP contribution is -2.37. The predicted molar refractivity (Wildman–Crippen MR) is 105 cm³/mol. The number of rotatable bonds is 7. The van der Waals surface area contributed by atoms with Crippen molar-refractivity contribution in [3.8, 4) is 11.9 Å². The topological polar surface area (TPSA) is 80.7 Å². The summed E-state index contributed by atoms with van der Waals surface area (Å²) in [6, 6.07) is 3.29. The summed E-state index contributed by atoms with van der Waals surface area (Å²) in [4.78, 5) is 28.8. The fourth-order valence-corrected chi connectivity index (χ4v) is 3.52. The van der Waals surface area contributed by atoms with Crippen LogP contribution in [0.2, 0.25) is 0 Å². The van der Waals surface area contributed by atoms with E-state index in [1.807, 2.05) is 19.0 Å². The third-order valence-corrected chi connectivity index (χ3v) is 4.97. The highest BCUT2D eigenvalue weighted by Gasteiger charge is 2.25. The van der Waals surface area contributed by atoms with E-state index in [4.69, 9.17) is 9.47 Å². The van der Waals surface area contributed by atoms with Crippen molar-refractivity contribution >= 4 is 32.6 Å². The number of benzene rings is 1. The molecule has 154 valence electrons. The maximum Gasteiger partial charge on any atom is 0.320 e. The van der Waals surface area contributed by atoms with Crippen molar-refractivity contribution in [3.05, 3.63) is 35.5 Å². The molecule has 0 atom stereocenters. The lowest BCUT2D eigenvalue weighted by molar-refractivity contribution is 0.0978. The minimum Gasteiger partial charge on any atom is -0.481 e. The first-order valence-electron chi connectivity index (χ1n) is 8.51. The van der Waals surface area contributed by atoms with Crippen LogP contribution < -0.4 is 14.4 Å². The number of anilines is 1. The molecule has 0 N–H and O–H groups in total. The molecule has 1 aromatic carbocycles. The Morgan fingerprint density at radius 2 is 1.83 bits per heavy atom. The second-order valence-corrected chi connectivity index (χ2v) is 7.28. The molecule has 3 aromatic rings. The molecule has 3 rings (SSSR count). The molecule has 0 fully saturated rings. The zero-order chi connectivity index (χ0) is 21.1. The summed E-state index contributed by atoms with van der Waals surface area (Å²) in [5.74, 6) is -1.83. The van der Waals surface area contributed by atoms with E-state index < -0.39 is 17.5 Å². The molecule has 0 unspecified atom stereocenters.